The molecule has 2 N–H and O–H groups in total. The summed E-state index contributed by atoms with van der Waals surface area (Å²) in [7, 11) is 0. The van der Waals surface area contributed by atoms with E-state index in [1.54, 1.807) is 6.07 Å². The molecule has 1 rings (SSSR count). The van der Waals surface area contributed by atoms with Gasteiger partial charge in [-0.05, 0) is 38.0 Å². The number of rotatable bonds is 6. The number of hydrogen-bond donors (Lipinski definition) is 1. The van der Waals surface area contributed by atoms with Gasteiger partial charge in [-0.2, -0.15) is 0 Å². The minimum Gasteiger partial charge on any atom is -0.466 e. The second-order valence-electron chi connectivity index (χ2n) is 3.81. The molecule has 0 bridgehead atoms. The van der Waals surface area contributed by atoms with E-state index in [0.29, 0.717) is 28.8 Å². The number of benzene rings is 1. The van der Waals surface area contributed by atoms with Gasteiger partial charge in [-0.15, -0.1) is 0 Å². The monoisotopic (exact) mass is 277 g/mol. The lowest BCUT2D eigenvalue weighted by Gasteiger charge is -2.15. The van der Waals surface area contributed by atoms with Crippen molar-refractivity contribution in [1.29, 1.82) is 0 Å². The lowest BCUT2D eigenvalue weighted by Crippen LogP contribution is -2.18. The van der Waals surface area contributed by atoms with Gasteiger partial charge in [0.25, 0.3) is 0 Å². The van der Waals surface area contributed by atoms with Crippen LogP contribution >= 0.6 is 23.2 Å². The van der Waals surface area contributed by atoms with E-state index in [1.165, 1.54) is 0 Å². The van der Waals surface area contributed by atoms with Crippen LogP contribution in [-0.4, -0.2) is 19.4 Å². The molecule has 1 aromatic carbocycles. The Hall–Kier alpha value is -0.480. The van der Waals surface area contributed by atoms with E-state index in [-0.39, 0.29) is 12.8 Å². The molecule has 5 heteroatoms. The Bertz CT molecular complexity index is 370. The normalized spacial score (nSPS) is 12.5. The standard InChI is InChI=1S/C12H17Cl2NO2/c1-3-16-7-17-12-9(4-8(2)15)5-10(13)6-11(12)14/h5-6,8H,3-4,7,15H2,1-2H3. The van der Waals surface area contributed by atoms with Crippen LogP contribution in [0.3, 0.4) is 0 Å². The van der Waals surface area contributed by atoms with Gasteiger partial charge in [0, 0.05) is 17.7 Å². The van der Waals surface area contributed by atoms with E-state index in [9.17, 15) is 0 Å². The van der Waals surface area contributed by atoms with Crippen molar-refractivity contribution < 1.29 is 9.47 Å². The average molecular weight is 278 g/mol. The van der Waals surface area contributed by atoms with E-state index >= 15 is 0 Å². The summed E-state index contributed by atoms with van der Waals surface area (Å²) in [5, 5.41) is 1.06. The van der Waals surface area contributed by atoms with E-state index < -0.39 is 0 Å². The quantitative estimate of drug-likeness (QED) is 0.641. The number of nitrogens with two attached hydrogens (primary N) is 1. The molecule has 0 saturated heterocycles. The number of hydrogen-bond acceptors (Lipinski definition) is 3. The molecule has 0 spiro atoms. The van der Waals surface area contributed by atoms with Gasteiger partial charge in [-0.1, -0.05) is 23.2 Å². The Morgan fingerprint density at radius 2 is 2.06 bits per heavy atom. The predicted octanol–water partition coefficient (Wildman–Crippen LogP) is 3.26. The lowest BCUT2D eigenvalue weighted by atomic mass is 10.1. The zero-order valence-corrected chi connectivity index (χ0v) is 11.5. The fourth-order valence-electron chi connectivity index (χ4n) is 1.46. The van der Waals surface area contributed by atoms with Gasteiger partial charge in [-0.3, -0.25) is 0 Å². The highest BCUT2D eigenvalue weighted by atomic mass is 35.5. The first-order valence-electron chi connectivity index (χ1n) is 5.48. The highest BCUT2D eigenvalue weighted by Crippen LogP contribution is 2.33. The van der Waals surface area contributed by atoms with Crippen molar-refractivity contribution in [3.63, 3.8) is 0 Å². The third-order valence-electron chi connectivity index (χ3n) is 2.12. The molecular weight excluding hydrogens is 261 g/mol. The van der Waals surface area contributed by atoms with Gasteiger partial charge in [-0.25, -0.2) is 0 Å². The molecule has 0 aromatic heterocycles. The maximum absolute atomic E-state index is 6.09. The Kier molecular flexibility index (Phi) is 6.06. The van der Waals surface area contributed by atoms with E-state index in [1.807, 2.05) is 19.9 Å². The summed E-state index contributed by atoms with van der Waals surface area (Å²) in [5.74, 6) is 0.599. The number of ether oxygens (including phenoxy) is 2. The van der Waals surface area contributed by atoms with Gasteiger partial charge in [0.1, 0.15) is 5.75 Å². The van der Waals surface area contributed by atoms with E-state index in [4.69, 9.17) is 38.4 Å². The summed E-state index contributed by atoms with van der Waals surface area (Å²) in [6, 6.07) is 3.48. The average Bonchev–Trinajstić information content (AvgIpc) is 2.21. The van der Waals surface area contributed by atoms with Crippen molar-refractivity contribution in [3.05, 3.63) is 27.7 Å². The molecule has 1 atom stereocenters. The Morgan fingerprint density at radius 1 is 1.35 bits per heavy atom. The van der Waals surface area contributed by atoms with Gasteiger partial charge in [0.15, 0.2) is 6.79 Å². The van der Waals surface area contributed by atoms with Crippen molar-refractivity contribution in [2.24, 2.45) is 5.73 Å². The van der Waals surface area contributed by atoms with Crippen LogP contribution in [0, 0.1) is 0 Å². The van der Waals surface area contributed by atoms with Gasteiger partial charge in [0.2, 0.25) is 0 Å². The molecule has 3 nitrogen and oxygen atoms in total. The van der Waals surface area contributed by atoms with Crippen LogP contribution in [0.25, 0.3) is 0 Å². The van der Waals surface area contributed by atoms with E-state index in [0.717, 1.165) is 5.56 Å². The van der Waals surface area contributed by atoms with Crippen LogP contribution in [0.1, 0.15) is 19.4 Å². The maximum Gasteiger partial charge on any atom is 0.189 e. The van der Waals surface area contributed by atoms with Crippen LogP contribution in [0.5, 0.6) is 5.75 Å². The zero-order chi connectivity index (χ0) is 12.8. The molecule has 0 radical (unpaired) electrons. The molecule has 96 valence electrons. The molecule has 0 aliphatic rings. The minimum atomic E-state index is 0.0129. The topological polar surface area (TPSA) is 44.5 Å². The molecule has 0 fully saturated rings. The maximum atomic E-state index is 6.09. The summed E-state index contributed by atoms with van der Waals surface area (Å²) >= 11 is 12.0. The van der Waals surface area contributed by atoms with Gasteiger partial charge >= 0.3 is 0 Å². The molecule has 0 aliphatic carbocycles. The van der Waals surface area contributed by atoms with Gasteiger partial charge < -0.3 is 15.2 Å². The summed E-state index contributed by atoms with van der Waals surface area (Å²) in [6.07, 6.45) is 0.655. The SMILES string of the molecule is CCOCOc1c(Cl)cc(Cl)cc1CC(C)N. The third-order valence-corrected chi connectivity index (χ3v) is 2.62. The van der Waals surface area contributed by atoms with Crippen molar-refractivity contribution >= 4 is 23.2 Å². The summed E-state index contributed by atoms with van der Waals surface area (Å²) in [4.78, 5) is 0. The molecule has 0 amide bonds. The van der Waals surface area contributed by atoms with Crippen LogP contribution in [0.15, 0.2) is 12.1 Å². The second-order valence-corrected chi connectivity index (χ2v) is 4.66. The summed E-state index contributed by atoms with van der Waals surface area (Å²) in [5.41, 5.74) is 6.68. The molecular formula is C12H17Cl2NO2. The number of halogens is 2. The van der Waals surface area contributed by atoms with Crippen molar-refractivity contribution in [1.82, 2.24) is 0 Å². The van der Waals surface area contributed by atoms with Crippen LogP contribution < -0.4 is 10.5 Å². The summed E-state index contributed by atoms with van der Waals surface area (Å²) in [6.45, 7) is 4.58. The predicted molar refractivity (Wildman–Crippen MR) is 70.9 cm³/mol. The molecule has 0 aliphatic heterocycles. The molecule has 17 heavy (non-hydrogen) atoms. The second kappa shape index (κ2) is 7.07. The molecule has 1 unspecified atom stereocenters. The Labute approximate surface area is 112 Å². The first kappa shape index (κ1) is 14.6. The summed E-state index contributed by atoms with van der Waals surface area (Å²) < 4.78 is 10.6. The highest BCUT2D eigenvalue weighted by Gasteiger charge is 2.12. The van der Waals surface area contributed by atoms with Crippen molar-refractivity contribution in [2.45, 2.75) is 26.3 Å². The zero-order valence-electron chi connectivity index (χ0n) is 10.0. The fourth-order valence-corrected chi connectivity index (χ4v) is 2.05. The largest absolute Gasteiger partial charge is 0.466 e. The highest BCUT2D eigenvalue weighted by molar-refractivity contribution is 6.35. The fraction of sp³-hybridized carbons (Fsp3) is 0.500. The Balaban J connectivity index is 2.90. The molecule has 1 aromatic rings. The smallest absolute Gasteiger partial charge is 0.189 e. The first-order valence-corrected chi connectivity index (χ1v) is 6.24. The van der Waals surface area contributed by atoms with E-state index in [2.05, 4.69) is 0 Å². The van der Waals surface area contributed by atoms with Crippen LogP contribution in [0.4, 0.5) is 0 Å². The minimum absolute atomic E-state index is 0.0129. The van der Waals surface area contributed by atoms with Crippen LogP contribution in [0.2, 0.25) is 10.0 Å². The molecule has 0 saturated carbocycles. The van der Waals surface area contributed by atoms with Gasteiger partial charge in [0.05, 0.1) is 5.02 Å². The van der Waals surface area contributed by atoms with Crippen molar-refractivity contribution in [3.8, 4) is 5.75 Å². The van der Waals surface area contributed by atoms with Crippen molar-refractivity contribution in [2.75, 3.05) is 13.4 Å². The third kappa shape index (κ3) is 4.72. The first-order chi connectivity index (χ1) is 8.04. The van der Waals surface area contributed by atoms with Crippen LogP contribution in [-0.2, 0) is 11.2 Å². The lowest BCUT2D eigenvalue weighted by molar-refractivity contribution is 0.0218. The Morgan fingerprint density at radius 3 is 2.65 bits per heavy atom. The molecule has 0 heterocycles.